The Labute approximate surface area is 87.0 Å². The molecule has 2 aromatic rings. The maximum atomic E-state index is 5.85. The second-order valence-corrected chi connectivity index (χ2v) is 2.91. The number of hydrogen-bond donors (Lipinski definition) is 1. The van der Waals surface area contributed by atoms with Crippen LogP contribution in [0.5, 0.6) is 5.75 Å². The van der Waals surface area contributed by atoms with Gasteiger partial charge in [-0.25, -0.2) is 15.0 Å². The number of ether oxygens (including phenoxy) is 1. The molecule has 0 atom stereocenters. The summed E-state index contributed by atoms with van der Waals surface area (Å²) < 4.78 is 5.05. The Morgan fingerprint density at radius 1 is 1.20 bits per heavy atom. The third-order valence-corrected chi connectivity index (χ3v) is 1.99. The third-order valence-electron chi connectivity index (χ3n) is 1.99. The molecular weight excluding hydrogens is 192 g/mol. The van der Waals surface area contributed by atoms with Crippen molar-refractivity contribution in [2.45, 2.75) is 0 Å². The fraction of sp³-hybridized carbons (Fsp3) is 0.100. The summed E-state index contributed by atoms with van der Waals surface area (Å²) in [5, 5.41) is 0. The molecule has 0 fully saturated rings. The number of nitrogen functional groups attached to an aromatic ring is 1. The predicted molar refractivity (Wildman–Crippen MR) is 56.2 cm³/mol. The van der Waals surface area contributed by atoms with Crippen molar-refractivity contribution in [3.63, 3.8) is 0 Å². The van der Waals surface area contributed by atoms with Gasteiger partial charge in [0.1, 0.15) is 18.4 Å². The highest BCUT2D eigenvalue weighted by molar-refractivity contribution is 5.72. The van der Waals surface area contributed by atoms with E-state index in [1.165, 1.54) is 12.7 Å². The van der Waals surface area contributed by atoms with Gasteiger partial charge < -0.3 is 10.5 Å². The number of nitrogens with two attached hydrogens (primary N) is 1. The Balaban J connectivity index is 2.46. The fourth-order valence-corrected chi connectivity index (χ4v) is 1.25. The molecule has 0 spiro atoms. The Morgan fingerprint density at radius 2 is 1.93 bits per heavy atom. The van der Waals surface area contributed by atoms with E-state index in [-0.39, 0.29) is 0 Å². The molecule has 0 aliphatic carbocycles. The molecular formula is C10H10N4O. The van der Waals surface area contributed by atoms with Crippen molar-refractivity contribution in [3.8, 4) is 17.1 Å². The van der Waals surface area contributed by atoms with Crippen LogP contribution in [-0.4, -0.2) is 22.1 Å². The molecule has 2 rings (SSSR count). The van der Waals surface area contributed by atoms with Crippen LogP contribution in [0.4, 0.5) is 5.69 Å². The third kappa shape index (κ3) is 1.85. The van der Waals surface area contributed by atoms with Gasteiger partial charge in [-0.15, -0.1) is 0 Å². The van der Waals surface area contributed by atoms with E-state index in [9.17, 15) is 0 Å². The van der Waals surface area contributed by atoms with Crippen molar-refractivity contribution >= 4 is 5.69 Å². The maximum Gasteiger partial charge on any atom is 0.164 e. The normalized spacial score (nSPS) is 9.93. The van der Waals surface area contributed by atoms with Crippen molar-refractivity contribution in [1.29, 1.82) is 0 Å². The van der Waals surface area contributed by atoms with Gasteiger partial charge >= 0.3 is 0 Å². The standard InChI is InChI=1S/C10H10N4O/c1-15-7-2-3-8(9(11)4-7)10-13-5-12-6-14-10/h2-6H,11H2,1H3. The minimum atomic E-state index is 0.560. The minimum Gasteiger partial charge on any atom is -0.497 e. The van der Waals surface area contributed by atoms with E-state index in [2.05, 4.69) is 15.0 Å². The molecule has 15 heavy (non-hydrogen) atoms. The first-order valence-corrected chi connectivity index (χ1v) is 4.37. The van der Waals surface area contributed by atoms with Crippen LogP contribution < -0.4 is 10.5 Å². The Morgan fingerprint density at radius 3 is 2.53 bits per heavy atom. The van der Waals surface area contributed by atoms with Crippen LogP contribution >= 0.6 is 0 Å². The van der Waals surface area contributed by atoms with Crippen molar-refractivity contribution in [2.24, 2.45) is 0 Å². The van der Waals surface area contributed by atoms with Crippen molar-refractivity contribution in [2.75, 3.05) is 12.8 Å². The summed E-state index contributed by atoms with van der Waals surface area (Å²) in [7, 11) is 1.59. The molecule has 1 aromatic carbocycles. The predicted octanol–water partition coefficient (Wildman–Crippen LogP) is 1.13. The van der Waals surface area contributed by atoms with Gasteiger partial charge in [0.2, 0.25) is 0 Å². The average molecular weight is 202 g/mol. The Bertz CT molecular complexity index is 458. The van der Waals surface area contributed by atoms with Gasteiger partial charge in [-0.05, 0) is 12.1 Å². The van der Waals surface area contributed by atoms with Crippen molar-refractivity contribution < 1.29 is 4.74 Å². The monoisotopic (exact) mass is 202 g/mol. The first-order valence-electron chi connectivity index (χ1n) is 4.37. The fourth-order valence-electron chi connectivity index (χ4n) is 1.25. The molecule has 0 saturated heterocycles. The number of hydrogen-bond acceptors (Lipinski definition) is 5. The van der Waals surface area contributed by atoms with Crippen LogP contribution in [0.2, 0.25) is 0 Å². The van der Waals surface area contributed by atoms with Crippen LogP contribution in [0, 0.1) is 0 Å². The van der Waals surface area contributed by atoms with Crippen LogP contribution in [0.25, 0.3) is 11.4 Å². The summed E-state index contributed by atoms with van der Waals surface area (Å²) in [6, 6.07) is 5.37. The topological polar surface area (TPSA) is 73.9 Å². The molecule has 5 nitrogen and oxygen atoms in total. The molecule has 0 aliphatic heterocycles. The van der Waals surface area contributed by atoms with Crippen LogP contribution in [0.15, 0.2) is 30.9 Å². The highest BCUT2D eigenvalue weighted by Gasteiger charge is 2.05. The molecule has 0 aliphatic rings. The van der Waals surface area contributed by atoms with E-state index in [1.807, 2.05) is 12.1 Å². The first-order chi connectivity index (χ1) is 7.31. The van der Waals surface area contributed by atoms with Crippen LogP contribution in [-0.2, 0) is 0 Å². The largest absolute Gasteiger partial charge is 0.497 e. The second-order valence-electron chi connectivity index (χ2n) is 2.91. The molecule has 0 radical (unpaired) electrons. The summed E-state index contributed by atoms with van der Waals surface area (Å²) in [6.45, 7) is 0. The number of anilines is 1. The summed E-state index contributed by atoms with van der Waals surface area (Å²) in [4.78, 5) is 11.8. The number of methoxy groups -OCH3 is 1. The van der Waals surface area contributed by atoms with Gasteiger partial charge in [-0.1, -0.05) is 0 Å². The number of aromatic nitrogens is 3. The van der Waals surface area contributed by atoms with E-state index >= 15 is 0 Å². The van der Waals surface area contributed by atoms with E-state index < -0.39 is 0 Å². The first kappa shape index (κ1) is 9.39. The minimum absolute atomic E-state index is 0.560. The van der Waals surface area contributed by atoms with E-state index in [0.29, 0.717) is 17.3 Å². The highest BCUT2D eigenvalue weighted by Crippen LogP contribution is 2.26. The SMILES string of the molecule is COc1ccc(-c2ncncn2)c(N)c1. The molecule has 5 heteroatoms. The average Bonchev–Trinajstić information content (AvgIpc) is 2.30. The van der Waals surface area contributed by atoms with Gasteiger partial charge in [0.15, 0.2) is 5.82 Å². The molecule has 0 saturated carbocycles. The Kier molecular flexibility index (Phi) is 2.45. The number of nitrogens with zero attached hydrogens (tertiary/aromatic N) is 3. The van der Waals surface area contributed by atoms with E-state index in [4.69, 9.17) is 10.5 Å². The zero-order valence-electron chi connectivity index (χ0n) is 8.21. The van der Waals surface area contributed by atoms with Crippen molar-refractivity contribution in [3.05, 3.63) is 30.9 Å². The highest BCUT2D eigenvalue weighted by atomic mass is 16.5. The van der Waals surface area contributed by atoms with Gasteiger partial charge in [0.25, 0.3) is 0 Å². The lowest BCUT2D eigenvalue weighted by Gasteiger charge is -2.05. The smallest absolute Gasteiger partial charge is 0.164 e. The summed E-state index contributed by atoms with van der Waals surface area (Å²) in [5.41, 5.74) is 7.21. The van der Waals surface area contributed by atoms with Gasteiger partial charge in [0, 0.05) is 17.3 Å². The lowest BCUT2D eigenvalue weighted by Crippen LogP contribution is -1.95. The van der Waals surface area contributed by atoms with Crippen LogP contribution in [0.1, 0.15) is 0 Å². The molecule has 1 aromatic heterocycles. The van der Waals surface area contributed by atoms with Gasteiger partial charge in [-0.3, -0.25) is 0 Å². The number of rotatable bonds is 2. The molecule has 0 amide bonds. The van der Waals surface area contributed by atoms with E-state index in [0.717, 1.165) is 5.56 Å². The van der Waals surface area contributed by atoms with Crippen LogP contribution in [0.3, 0.4) is 0 Å². The molecule has 1 heterocycles. The number of benzene rings is 1. The maximum absolute atomic E-state index is 5.85. The summed E-state index contributed by atoms with van der Waals surface area (Å²) >= 11 is 0. The zero-order chi connectivity index (χ0) is 10.7. The van der Waals surface area contributed by atoms with Gasteiger partial charge in [0.05, 0.1) is 7.11 Å². The van der Waals surface area contributed by atoms with Crippen molar-refractivity contribution in [1.82, 2.24) is 15.0 Å². The molecule has 76 valence electrons. The molecule has 0 unspecified atom stereocenters. The Hall–Kier alpha value is -2.17. The zero-order valence-corrected chi connectivity index (χ0v) is 8.21. The lowest BCUT2D eigenvalue weighted by molar-refractivity contribution is 0.415. The second kappa shape index (κ2) is 3.91. The summed E-state index contributed by atoms with van der Waals surface area (Å²) in [6.07, 6.45) is 2.87. The van der Waals surface area contributed by atoms with Gasteiger partial charge in [-0.2, -0.15) is 0 Å². The quantitative estimate of drug-likeness (QED) is 0.739. The summed E-state index contributed by atoms with van der Waals surface area (Å²) in [5.74, 6) is 1.27. The van der Waals surface area contributed by atoms with E-state index in [1.54, 1.807) is 13.2 Å². The lowest BCUT2D eigenvalue weighted by atomic mass is 10.1. The molecule has 0 bridgehead atoms. The molecule has 2 N–H and O–H groups in total.